The Morgan fingerprint density at radius 1 is 1.44 bits per heavy atom. The lowest BCUT2D eigenvalue weighted by Crippen LogP contribution is -2.10. The van der Waals surface area contributed by atoms with Gasteiger partial charge in [-0.1, -0.05) is 5.57 Å². The SMILES string of the molecule is CC(C)=CC(=O)Nc1ccnc(C(=O)O)c1. The van der Waals surface area contributed by atoms with Crippen molar-refractivity contribution in [2.24, 2.45) is 0 Å². The zero-order chi connectivity index (χ0) is 12.1. The van der Waals surface area contributed by atoms with Crippen LogP contribution in [0.5, 0.6) is 0 Å². The maximum Gasteiger partial charge on any atom is 0.354 e. The molecule has 1 amide bonds. The number of pyridine rings is 1. The lowest BCUT2D eigenvalue weighted by atomic mass is 10.3. The molecule has 5 nitrogen and oxygen atoms in total. The van der Waals surface area contributed by atoms with Gasteiger partial charge in [0, 0.05) is 18.0 Å². The summed E-state index contributed by atoms with van der Waals surface area (Å²) < 4.78 is 0. The molecule has 84 valence electrons. The Bertz CT molecular complexity index is 448. The first-order valence-corrected chi connectivity index (χ1v) is 4.64. The van der Waals surface area contributed by atoms with Gasteiger partial charge < -0.3 is 10.4 Å². The molecule has 0 fully saturated rings. The number of aromatic carboxylic acids is 1. The summed E-state index contributed by atoms with van der Waals surface area (Å²) in [4.78, 5) is 25.6. The molecular formula is C11H12N2O3. The lowest BCUT2D eigenvalue weighted by molar-refractivity contribution is -0.111. The predicted octanol–water partition coefficient (Wildman–Crippen LogP) is 1.68. The minimum Gasteiger partial charge on any atom is -0.477 e. The zero-order valence-electron chi connectivity index (χ0n) is 9.02. The van der Waals surface area contributed by atoms with Crippen LogP contribution < -0.4 is 5.32 Å². The number of allylic oxidation sites excluding steroid dienone is 1. The first-order valence-electron chi connectivity index (χ1n) is 4.64. The van der Waals surface area contributed by atoms with Crippen LogP contribution in [-0.4, -0.2) is 22.0 Å². The molecule has 16 heavy (non-hydrogen) atoms. The van der Waals surface area contributed by atoms with Gasteiger partial charge in [-0.2, -0.15) is 0 Å². The van der Waals surface area contributed by atoms with Gasteiger partial charge in [0.05, 0.1) is 0 Å². The van der Waals surface area contributed by atoms with E-state index in [1.54, 1.807) is 13.8 Å². The van der Waals surface area contributed by atoms with Crippen LogP contribution in [0.15, 0.2) is 30.0 Å². The Hall–Kier alpha value is -2.17. The van der Waals surface area contributed by atoms with Crippen LogP contribution in [0.3, 0.4) is 0 Å². The van der Waals surface area contributed by atoms with Crippen LogP contribution in [0.4, 0.5) is 5.69 Å². The van der Waals surface area contributed by atoms with Gasteiger partial charge in [0.25, 0.3) is 0 Å². The number of hydrogen-bond acceptors (Lipinski definition) is 3. The number of carbonyl (C=O) groups excluding carboxylic acids is 1. The van der Waals surface area contributed by atoms with Crippen molar-refractivity contribution in [1.29, 1.82) is 0 Å². The third-order valence-electron chi connectivity index (χ3n) is 1.67. The molecular weight excluding hydrogens is 208 g/mol. The topological polar surface area (TPSA) is 79.3 Å². The number of hydrogen-bond donors (Lipinski definition) is 2. The second-order valence-electron chi connectivity index (χ2n) is 3.45. The molecule has 1 aromatic heterocycles. The quantitative estimate of drug-likeness (QED) is 0.759. The lowest BCUT2D eigenvalue weighted by Gasteiger charge is -2.02. The molecule has 0 aliphatic carbocycles. The second kappa shape index (κ2) is 5.06. The summed E-state index contributed by atoms with van der Waals surface area (Å²) in [7, 11) is 0. The Labute approximate surface area is 92.8 Å². The number of carboxylic acid groups (broad SMARTS) is 1. The molecule has 1 heterocycles. The van der Waals surface area contributed by atoms with Gasteiger partial charge in [-0.3, -0.25) is 4.79 Å². The molecule has 0 aliphatic heterocycles. The second-order valence-corrected chi connectivity index (χ2v) is 3.45. The summed E-state index contributed by atoms with van der Waals surface area (Å²) in [6, 6.07) is 2.84. The van der Waals surface area contributed by atoms with E-state index in [0.29, 0.717) is 5.69 Å². The molecule has 0 aliphatic rings. The van der Waals surface area contributed by atoms with Crippen molar-refractivity contribution in [3.8, 4) is 0 Å². The number of nitrogens with zero attached hydrogens (tertiary/aromatic N) is 1. The summed E-state index contributed by atoms with van der Waals surface area (Å²) in [5.74, 6) is -1.42. The van der Waals surface area contributed by atoms with Gasteiger partial charge in [-0.05, 0) is 26.0 Å². The number of aromatic nitrogens is 1. The molecule has 5 heteroatoms. The van der Waals surface area contributed by atoms with Gasteiger partial charge >= 0.3 is 5.97 Å². The van der Waals surface area contributed by atoms with Gasteiger partial charge in [0.2, 0.25) is 5.91 Å². The summed E-state index contributed by atoms with van der Waals surface area (Å²) in [5, 5.41) is 11.3. The molecule has 0 saturated carbocycles. The molecule has 0 spiro atoms. The molecule has 0 atom stereocenters. The highest BCUT2D eigenvalue weighted by Crippen LogP contribution is 2.08. The minimum absolute atomic E-state index is 0.102. The predicted molar refractivity (Wildman–Crippen MR) is 59.3 cm³/mol. The minimum atomic E-state index is -1.13. The fourth-order valence-corrected chi connectivity index (χ4v) is 1.07. The number of rotatable bonds is 3. The maximum atomic E-state index is 11.3. The Kier molecular flexibility index (Phi) is 3.77. The van der Waals surface area contributed by atoms with Crippen LogP contribution in [0, 0.1) is 0 Å². The van der Waals surface area contributed by atoms with E-state index in [4.69, 9.17) is 5.11 Å². The van der Waals surface area contributed by atoms with E-state index in [1.165, 1.54) is 24.4 Å². The fraction of sp³-hybridized carbons (Fsp3) is 0.182. The molecule has 0 bridgehead atoms. The third-order valence-corrected chi connectivity index (χ3v) is 1.67. The zero-order valence-corrected chi connectivity index (χ0v) is 9.02. The van der Waals surface area contributed by atoms with E-state index >= 15 is 0 Å². The van der Waals surface area contributed by atoms with Crippen molar-refractivity contribution in [3.05, 3.63) is 35.7 Å². The van der Waals surface area contributed by atoms with E-state index in [2.05, 4.69) is 10.3 Å². The van der Waals surface area contributed by atoms with E-state index in [9.17, 15) is 9.59 Å². The molecule has 0 aromatic carbocycles. The van der Waals surface area contributed by atoms with E-state index < -0.39 is 5.97 Å². The largest absolute Gasteiger partial charge is 0.477 e. The highest BCUT2D eigenvalue weighted by Gasteiger charge is 2.05. The summed E-state index contributed by atoms with van der Waals surface area (Å²) in [6.45, 7) is 3.60. The molecule has 1 rings (SSSR count). The molecule has 2 N–H and O–H groups in total. The van der Waals surface area contributed by atoms with Crippen molar-refractivity contribution in [2.75, 3.05) is 5.32 Å². The summed E-state index contributed by atoms with van der Waals surface area (Å²) in [5.41, 5.74) is 1.18. The van der Waals surface area contributed by atoms with Crippen LogP contribution in [-0.2, 0) is 4.79 Å². The van der Waals surface area contributed by atoms with E-state index in [1.807, 2.05) is 0 Å². The maximum absolute atomic E-state index is 11.3. The Morgan fingerprint density at radius 2 is 2.12 bits per heavy atom. The van der Waals surface area contributed by atoms with Crippen molar-refractivity contribution in [1.82, 2.24) is 4.98 Å². The van der Waals surface area contributed by atoms with Gasteiger partial charge in [0.1, 0.15) is 5.69 Å². The fourth-order valence-electron chi connectivity index (χ4n) is 1.07. The van der Waals surface area contributed by atoms with Crippen molar-refractivity contribution in [3.63, 3.8) is 0 Å². The highest BCUT2D eigenvalue weighted by molar-refractivity contribution is 6.00. The number of carboxylic acids is 1. The number of anilines is 1. The van der Waals surface area contributed by atoms with Gasteiger partial charge in [-0.15, -0.1) is 0 Å². The molecule has 0 unspecified atom stereocenters. The monoisotopic (exact) mass is 220 g/mol. The summed E-state index contributed by atoms with van der Waals surface area (Å²) >= 11 is 0. The first kappa shape index (κ1) is 11.9. The average molecular weight is 220 g/mol. The smallest absolute Gasteiger partial charge is 0.354 e. The Morgan fingerprint density at radius 3 is 2.69 bits per heavy atom. The summed E-state index contributed by atoms with van der Waals surface area (Å²) in [6.07, 6.45) is 2.77. The number of nitrogens with one attached hydrogen (secondary N) is 1. The molecule has 0 saturated heterocycles. The average Bonchev–Trinajstić information content (AvgIpc) is 2.16. The van der Waals surface area contributed by atoms with Crippen LogP contribution in [0.2, 0.25) is 0 Å². The number of amides is 1. The van der Waals surface area contributed by atoms with Crippen LogP contribution in [0.1, 0.15) is 24.3 Å². The molecule has 1 aromatic rings. The Balaban J connectivity index is 2.82. The molecule has 0 radical (unpaired) electrons. The standard InChI is InChI=1S/C11H12N2O3/c1-7(2)5-10(14)13-8-3-4-12-9(6-8)11(15)16/h3-6H,1-2H3,(H,15,16)(H,12,13,14). The van der Waals surface area contributed by atoms with Gasteiger partial charge in [-0.25, -0.2) is 9.78 Å². The highest BCUT2D eigenvalue weighted by atomic mass is 16.4. The van der Waals surface area contributed by atoms with Crippen molar-refractivity contribution >= 4 is 17.6 Å². The third kappa shape index (κ3) is 3.53. The normalized spacial score (nSPS) is 9.38. The first-order chi connectivity index (χ1) is 7.49. The number of carbonyl (C=O) groups is 2. The van der Waals surface area contributed by atoms with Crippen molar-refractivity contribution < 1.29 is 14.7 Å². The van der Waals surface area contributed by atoms with Crippen LogP contribution >= 0.6 is 0 Å². The van der Waals surface area contributed by atoms with E-state index in [0.717, 1.165) is 5.57 Å². The van der Waals surface area contributed by atoms with Crippen molar-refractivity contribution in [2.45, 2.75) is 13.8 Å². The van der Waals surface area contributed by atoms with Crippen LogP contribution in [0.25, 0.3) is 0 Å². The van der Waals surface area contributed by atoms with Gasteiger partial charge in [0.15, 0.2) is 0 Å². The van der Waals surface area contributed by atoms with E-state index in [-0.39, 0.29) is 11.6 Å².